The maximum absolute atomic E-state index is 10.6. The fraction of sp³-hybridized carbons (Fsp3) is 0.176. The molecular weight excluding hydrogens is 250 g/mol. The van der Waals surface area contributed by atoms with Gasteiger partial charge in [-0.1, -0.05) is 42.5 Å². The molecule has 102 valence electrons. The van der Waals surface area contributed by atoms with Crippen LogP contribution >= 0.6 is 0 Å². The quantitative estimate of drug-likeness (QED) is 0.810. The Morgan fingerprint density at radius 3 is 2.50 bits per heavy atom. The molecule has 0 bridgehead atoms. The smallest absolute Gasteiger partial charge is 0.303 e. The molecule has 1 N–H and O–H groups in total. The van der Waals surface area contributed by atoms with Crippen LogP contribution in [0.1, 0.15) is 30.4 Å². The molecule has 0 aliphatic rings. The van der Waals surface area contributed by atoms with Crippen molar-refractivity contribution in [3.63, 3.8) is 0 Å². The molecule has 0 spiro atoms. The van der Waals surface area contributed by atoms with Crippen LogP contribution < -0.4 is 0 Å². The second-order valence-corrected chi connectivity index (χ2v) is 4.51. The molecule has 0 radical (unpaired) electrons. The number of hydrogen-bond acceptors (Lipinski definition) is 2. The van der Waals surface area contributed by atoms with Crippen LogP contribution in [0, 0.1) is 0 Å². The lowest BCUT2D eigenvalue weighted by molar-refractivity contribution is -0.137. The van der Waals surface area contributed by atoms with E-state index < -0.39 is 5.97 Å². The monoisotopic (exact) mass is 267 g/mol. The Morgan fingerprint density at radius 1 is 1.10 bits per heavy atom. The van der Waals surface area contributed by atoms with Crippen LogP contribution in [0.15, 0.2) is 60.9 Å². The van der Waals surface area contributed by atoms with Gasteiger partial charge in [0.25, 0.3) is 0 Å². The molecule has 0 atom stereocenters. The molecule has 1 aromatic carbocycles. The van der Waals surface area contributed by atoms with E-state index in [1.807, 2.05) is 36.5 Å². The summed E-state index contributed by atoms with van der Waals surface area (Å²) < 4.78 is 0. The molecule has 1 heterocycles. The van der Waals surface area contributed by atoms with Crippen LogP contribution in [0.25, 0.3) is 5.57 Å². The van der Waals surface area contributed by atoms with E-state index in [1.165, 1.54) is 0 Å². The number of carboxylic acid groups (broad SMARTS) is 1. The Morgan fingerprint density at radius 2 is 1.85 bits per heavy atom. The van der Waals surface area contributed by atoms with Crippen molar-refractivity contribution in [3.8, 4) is 0 Å². The maximum Gasteiger partial charge on any atom is 0.303 e. The van der Waals surface area contributed by atoms with Crippen LogP contribution in [0.5, 0.6) is 0 Å². The van der Waals surface area contributed by atoms with E-state index in [1.54, 1.807) is 6.20 Å². The second kappa shape index (κ2) is 7.24. The molecular formula is C17H17NO2. The van der Waals surface area contributed by atoms with Gasteiger partial charge < -0.3 is 5.11 Å². The number of aliphatic carboxylic acids is 1. The van der Waals surface area contributed by atoms with Gasteiger partial charge in [-0.25, -0.2) is 0 Å². The van der Waals surface area contributed by atoms with Crippen LogP contribution in [0.4, 0.5) is 0 Å². The van der Waals surface area contributed by atoms with Gasteiger partial charge in [0.1, 0.15) is 0 Å². The molecule has 0 amide bonds. The van der Waals surface area contributed by atoms with Crippen LogP contribution in [-0.4, -0.2) is 16.1 Å². The Labute approximate surface area is 118 Å². The normalized spacial score (nSPS) is 11.3. The first-order valence-corrected chi connectivity index (χ1v) is 6.65. The average molecular weight is 267 g/mol. The standard InChI is InChI=1S/C17H17NO2/c19-17(20)11-5-4-10-16(14-7-2-1-3-8-14)15-9-6-12-18-13-15/h1-3,6-10,12-13H,4-5,11H2,(H,19,20)/b16-10-. The molecule has 0 saturated carbocycles. The van der Waals surface area contributed by atoms with Crippen molar-refractivity contribution >= 4 is 11.5 Å². The predicted molar refractivity (Wildman–Crippen MR) is 79.2 cm³/mol. The fourth-order valence-corrected chi connectivity index (χ4v) is 2.04. The number of rotatable bonds is 6. The number of pyridine rings is 1. The summed E-state index contributed by atoms with van der Waals surface area (Å²) in [6.07, 6.45) is 7.25. The van der Waals surface area contributed by atoms with Crippen molar-refractivity contribution in [2.75, 3.05) is 0 Å². The number of carbonyl (C=O) groups is 1. The molecule has 0 aliphatic carbocycles. The predicted octanol–water partition coefficient (Wildman–Crippen LogP) is 3.77. The largest absolute Gasteiger partial charge is 0.481 e. The Balaban J connectivity index is 2.21. The van der Waals surface area contributed by atoms with Gasteiger partial charge in [-0.05, 0) is 30.0 Å². The van der Waals surface area contributed by atoms with E-state index in [-0.39, 0.29) is 6.42 Å². The first-order valence-electron chi connectivity index (χ1n) is 6.65. The summed E-state index contributed by atoms with van der Waals surface area (Å²) >= 11 is 0. The van der Waals surface area contributed by atoms with E-state index in [2.05, 4.69) is 23.2 Å². The Kier molecular flexibility index (Phi) is 5.07. The highest BCUT2D eigenvalue weighted by Crippen LogP contribution is 2.23. The molecule has 1 aromatic heterocycles. The Bertz CT molecular complexity index is 535. The van der Waals surface area contributed by atoms with Gasteiger partial charge in [0, 0.05) is 24.4 Å². The third-order valence-corrected chi connectivity index (χ3v) is 3.00. The zero-order valence-corrected chi connectivity index (χ0v) is 11.2. The van der Waals surface area contributed by atoms with E-state index >= 15 is 0 Å². The van der Waals surface area contributed by atoms with Crippen LogP contribution in [0.3, 0.4) is 0 Å². The lowest BCUT2D eigenvalue weighted by Gasteiger charge is -2.08. The molecule has 3 nitrogen and oxygen atoms in total. The fourth-order valence-electron chi connectivity index (χ4n) is 2.04. The second-order valence-electron chi connectivity index (χ2n) is 4.51. The van der Waals surface area contributed by atoms with Crippen molar-refractivity contribution in [3.05, 3.63) is 72.1 Å². The van der Waals surface area contributed by atoms with Gasteiger partial charge in [-0.15, -0.1) is 0 Å². The zero-order valence-electron chi connectivity index (χ0n) is 11.2. The number of nitrogens with zero attached hydrogens (tertiary/aromatic N) is 1. The first-order chi connectivity index (χ1) is 9.77. The highest BCUT2D eigenvalue weighted by molar-refractivity contribution is 5.79. The van der Waals surface area contributed by atoms with Gasteiger partial charge in [-0.3, -0.25) is 9.78 Å². The number of aromatic nitrogens is 1. The summed E-state index contributed by atoms with van der Waals surface area (Å²) in [6, 6.07) is 14.0. The van der Waals surface area contributed by atoms with Crippen molar-refractivity contribution in [1.29, 1.82) is 0 Å². The Hall–Kier alpha value is -2.42. The number of unbranched alkanes of at least 4 members (excludes halogenated alkanes) is 1. The number of allylic oxidation sites excluding steroid dienone is 1. The highest BCUT2D eigenvalue weighted by atomic mass is 16.4. The molecule has 3 heteroatoms. The van der Waals surface area contributed by atoms with E-state index in [0.29, 0.717) is 6.42 Å². The molecule has 2 rings (SSSR count). The van der Waals surface area contributed by atoms with Crippen molar-refractivity contribution in [2.24, 2.45) is 0 Å². The molecule has 0 aliphatic heterocycles. The third-order valence-electron chi connectivity index (χ3n) is 3.00. The number of hydrogen-bond donors (Lipinski definition) is 1. The van der Waals surface area contributed by atoms with Crippen molar-refractivity contribution in [2.45, 2.75) is 19.3 Å². The molecule has 2 aromatic rings. The summed E-state index contributed by atoms with van der Waals surface area (Å²) in [5, 5.41) is 8.68. The SMILES string of the molecule is O=C(O)CCC/C=C(/c1ccccc1)c1cccnc1. The minimum absolute atomic E-state index is 0.200. The topological polar surface area (TPSA) is 50.2 Å². The van der Waals surface area contributed by atoms with Gasteiger partial charge in [-0.2, -0.15) is 0 Å². The van der Waals surface area contributed by atoms with E-state index in [4.69, 9.17) is 5.11 Å². The summed E-state index contributed by atoms with van der Waals surface area (Å²) in [4.78, 5) is 14.7. The summed E-state index contributed by atoms with van der Waals surface area (Å²) in [5.41, 5.74) is 3.27. The molecule has 0 unspecified atom stereocenters. The minimum atomic E-state index is -0.749. The van der Waals surface area contributed by atoms with Gasteiger partial charge in [0.2, 0.25) is 0 Å². The molecule has 0 saturated heterocycles. The van der Waals surface area contributed by atoms with E-state index in [9.17, 15) is 4.79 Å². The zero-order chi connectivity index (χ0) is 14.2. The first kappa shape index (κ1) is 14.0. The third kappa shape index (κ3) is 4.05. The van der Waals surface area contributed by atoms with Gasteiger partial charge >= 0.3 is 5.97 Å². The van der Waals surface area contributed by atoms with Crippen molar-refractivity contribution < 1.29 is 9.90 Å². The van der Waals surface area contributed by atoms with Gasteiger partial charge in [0.15, 0.2) is 0 Å². The average Bonchev–Trinajstić information content (AvgIpc) is 2.49. The highest BCUT2D eigenvalue weighted by Gasteiger charge is 2.04. The number of benzene rings is 1. The van der Waals surface area contributed by atoms with Crippen LogP contribution in [-0.2, 0) is 4.79 Å². The van der Waals surface area contributed by atoms with E-state index in [0.717, 1.165) is 23.1 Å². The van der Waals surface area contributed by atoms with Crippen molar-refractivity contribution in [1.82, 2.24) is 4.98 Å². The van der Waals surface area contributed by atoms with Crippen LogP contribution in [0.2, 0.25) is 0 Å². The maximum atomic E-state index is 10.6. The summed E-state index contributed by atoms with van der Waals surface area (Å²) in [6.45, 7) is 0. The minimum Gasteiger partial charge on any atom is -0.481 e. The molecule has 20 heavy (non-hydrogen) atoms. The summed E-state index contributed by atoms with van der Waals surface area (Å²) in [5.74, 6) is -0.749. The summed E-state index contributed by atoms with van der Waals surface area (Å²) in [7, 11) is 0. The lowest BCUT2D eigenvalue weighted by atomic mass is 9.97. The molecule has 0 fully saturated rings. The number of carboxylic acids is 1. The van der Waals surface area contributed by atoms with Gasteiger partial charge in [0.05, 0.1) is 0 Å². The lowest BCUT2D eigenvalue weighted by Crippen LogP contribution is -1.93.